The molecule has 0 radical (unpaired) electrons. The van der Waals surface area contributed by atoms with E-state index >= 15 is 0 Å². The number of rotatable bonds is 4. The van der Waals surface area contributed by atoms with E-state index in [1.807, 2.05) is 24.3 Å². The fourth-order valence-electron chi connectivity index (χ4n) is 1.53. The van der Waals surface area contributed by atoms with Gasteiger partial charge in [-0.1, -0.05) is 28.1 Å². The summed E-state index contributed by atoms with van der Waals surface area (Å²) in [5.41, 5.74) is 1.14. The highest BCUT2D eigenvalue weighted by atomic mass is 79.9. The predicted octanol–water partition coefficient (Wildman–Crippen LogP) is 4.58. The first-order valence-electron chi connectivity index (χ1n) is 5.46. The standard InChI is InChI=1S/C14H10BrFO2S/c15-11-3-1-2-9(6-11)8-19-13-7-10(14(17)18)4-5-12(13)16/h1-7H,8H2,(H,17,18). The van der Waals surface area contributed by atoms with E-state index in [1.165, 1.54) is 30.0 Å². The lowest BCUT2D eigenvalue weighted by atomic mass is 10.2. The number of hydrogen-bond acceptors (Lipinski definition) is 2. The second kappa shape index (κ2) is 6.21. The Morgan fingerprint density at radius 1 is 1.26 bits per heavy atom. The molecule has 5 heteroatoms. The molecule has 0 atom stereocenters. The Labute approximate surface area is 122 Å². The molecule has 0 spiro atoms. The number of carbonyl (C=O) groups is 1. The molecule has 0 bridgehead atoms. The molecule has 0 unspecified atom stereocenters. The number of halogens is 2. The van der Waals surface area contributed by atoms with Gasteiger partial charge in [0.2, 0.25) is 0 Å². The molecule has 0 fully saturated rings. The summed E-state index contributed by atoms with van der Waals surface area (Å²) in [6.07, 6.45) is 0. The molecule has 0 amide bonds. The summed E-state index contributed by atoms with van der Waals surface area (Å²) < 4.78 is 14.6. The van der Waals surface area contributed by atoms with Crippen molar-refractivity contribution < 1.29 is 14.3 Å². The molecule has 98 valence electrons. The zero-order valence-electron chi connectivity index (χ0n) is 9.77. The molecular weight excluding hydrogens is 331 g/mol. The van der Waals surface area contributed by atoms with Crippen LogP contribution in [0.1, 0.15) is 15.9 Å². The molecule has 0 heterocycles. The fourth-order valence-corrected chi connectivity index (χ4v) is 2.90. The molecular formula is C14H10BrFO2S. The van der Waals surface area contributed by atoms with Crippen molar-refractivity contribution in [3.8, 4) is 0 Å². The van der Waals surface area contributed by atoms with Crippen LogP contribution in [0.4, 0.5) is 4.39 Å². The Morgan fingerprint density at radius 3 is 2.74 bits per heavy atom. The van der Waals surface area contributed by atoms with E-state index in [2.05, 4.69) is 15.9 Å². The van der Waals surface area contributed by atoms with E-state index < -0.39 is 11.8 Å². The highest BCUT2D eigenvalue weighted by Gasteiger charge is 2.09. The third-order valence-corrected chi connectivity index (χ3v) is 4.06. The summed E-state index contributed by atoms with van der Waals surface area (Å²) >= 11 is 4.65. The Hall–Kier alpha value is -1.33. The van der Waals surface area contributed by atoms with E-state index in [-0.39, 0.29) is 5.56 Å². The highest BCUT2D eigenvalue weighted by molar-refractivity contribution is 9.10. The second-order valence-corrected chi connectivity index (χ2v) is 5.80. The normalized spacial score (nSPS) is 10.4. The van der Waals surface area contributed by atoms with Crippen LogP contribution >= 0.6 is 27.7 Å². The van der Waals surface area contributed by atoms with Crippen LogP contribution in [0.2, 0.25) is 0 Å². The quantitative estimate of drug-likeness (QED) is 0.827. The van der Waals surface area contributed by atoms with Gasteiger partial charge in [0, 0.05) is 15.1 Å². The van der Waals surface area contributed by atoms with Crippen molar-refractivity contribution in [2.45, 2.75) is 10.6 Å². The molecule has 0 aromatic heterocycles. The molecule has 0 aliphatic heterocycles. The van der Waals surface area contributed by atoms with Gasteiger partial charge in [0.25, 0.3) is 0 Å². The van der Waals surface area contributed by atoms with Crippen LogP contribution < -0.4 is 0 Å². The predicted molar refractivity (Wildman–Crippen MR) is 77.1 cm³/mol. The lowest BCUT2D eigenvalue weighted by Crippen LogP contribution is -1.97. The largest absolute Gasteiger partial charge is 0.478 e. The first kappa shape index (κ1) is 14.1. The van der Waals surface area contributed by atoms with Crippen LogP contribution in [0, 0.1) is 5.82 Å². The van der Waals surface area contributed by atoms with Crippen LogP contribution in [0.25, 0.3) is 0 Å². The van der Waals surface area contributed by atoms with Crippen molar-refractivity contribution >= 4 is 33.7 Å². The van der Waals surface area contributed by atoms with Gasteiger partial charge in [0.15, 0.2) is 0 Å². The average Bonchev–Trinajstić information content (AvgIpc) is 2.37. The van der Waals surface area contributed by atoms with Crippen molar-refractivity contribution in [3.63, 3.8) is 0 Å². The fraction of sp³-hybridized carbons (Fsp3) is 0.0714. The van der Waals surface area contributed by atoms with Crippen LogP contribution in [0.5, 0.6) is 0 Å². The van der Waals surface area contributed by atoms with E-state index in [9.17, 15) is 9.18 Å². The lowest BCUT2D eigenvalue weighted by molar-refractivity contribution is 0.0696. The minimum absolute atomic E-state index is 0.0955. The summed E-state index contributed by atoms with van der Waals surface area (Å²) in [5, 5.41) is 8.88. The maximum atomic E-state index is 13.6. The van der Waals surface area contributed by atoms with Crippen LogP contribution in [0.15, 0.2) is 51.8 Å². The SMILES string of the molecule is O=C(O)c1ccc(F)c(SCc2cccc(Br)c2)c1. The second-order valence-electron chi connectivity index (χ2n) is 3.87. The maximum Gasteiger partial charge on any atom is 0.335 e. The number of carboxylic acid groups (broad SMARTS) is 1. The van der Waals surface area contributed by atoms with Crippen LogP contribution in [-0.4, -0.2) is 11.1 Å². The summed E-state index contributed by atoms with van der Waals surface area (Å²) in [5.74, 6) is -0.867. The third kappa shape index (κ3) is 3.81. The summed E-state index contributed by atoms with van der Waals surface area (Å²) in [7, 11) is 0. The number of thioether (sulfide) groups is 1. The topological polar surface area (TPSA) is 37.3 Å². The summed E-state index contributed by atoms with van der Waals surface area (Å²) in [6, 6.07) is 11.5. The average molecular weight is 341 g/mol. The first-order valence-corrected chi connectivity index (χ1v) is 7.24. The molecule has 1 N–H and O–H groups in total. The van der Waals surface area contributed by atoms with Crippen LogP contribution in [-0.2, 0) is 5.75 Å². The summed E-state index contributed by atoms with van der Waals surface area (Å²) in [4.78, 5) is 11.2. The number of carboxylic acids is 1. The molecule has 0 aliphatic rings. The van der Waals surface area contributed by atoms with Crippen molar-refractivity contribution in [1.29, 1.82) is 0 Å². The molecule has 2 nitrogen and oxygen atoms in total. The third-order valence-electron chi connectivity index (χ3n) is 2.46. The van der Waals surface area contributed by atoms with Crippen molar-refractivity contribution in [1.82, 2.24) is 0 Å². The Morgan fingerprint density at radius 2 is 2.05 bits per heavy atom. The molecule has 2 rings (SSSR count). The number of hydrogen-bond donors (Lipinski definition) is 1. The molecule has 0 saturated carbocycles. The number of aromatic carboxylic acids is 1. The Balaban J connectivity index is 2.15. The first-order chi connectivity index (χ1) is 9.06. The van der Waals surface area contributed by atoms with E-state index in [0.29, 0.717) is 10.6 Å². The van der Waals surface area contributed by atoms with Crippen molar-refractivity contribution in [3.05, 3.63) is 63.9 Å². The van der Waals surface area contributed by atoms with Gasteiger partial charge < -0.3 is 5.11 Å². The minimum Gasteiger partial charge on any atom is -0.478 e. The molecule has 19 heavy (non-hydrogen) atoms. The highest BCUT2D eigenvalue weighted by Crippen LogP contribution is 2.27. The van der Waals surface area contributed by atoms with Crippen LogP contribution in [0.3, 0.4) is 0 Å². The van der Waals surface area contributed by atoms with Gasteiger partial charge in [-0.3, -0.25) is 0 Å². The number of benzene rings is 2. The lowest BCUT2D eigenvalue weighted by Gasteiger charge is -2.05. The van der Waals surface area contributed by atoms with E-state index in [4.69, 9.17) is 5.11 Å². The van der Waals surface area contributed by atoms with Gasteiger partial charge in [-0.05, 0) is 35.9 Å². The summed E-state index contributed by atoms with van der Waals surface area (Å²) in [6.45, 7) is 0. The minimum atomic E-state index is -1.05. The maximum absolute atomic E-state index is 13.6. The zero-order valence-corrected chi connectivity index (χ0v) is 12.2. The molecule has 2 aromatic rings. The molecule has 0 saturated heterocycles. The van der Waals surface area contributed by atoms with Crippen molar-refractivity contribution in [2.24, 2.45) is 0 Å². The van der Waals surface area contributed by atoms with E-state index in [0.717, 1.165) is 10.0 Å². The monoisotopic (exact) mass is 340 g/mol. The Kier molecular flexibility index (Phi) is 4.61. The molecule has 2 aromatic carbocycles. The van der Waals surface area contributed by atoms with Crippen molar-refractivity contribution in [2.75, 3.05) is 0 Å². The zero-order chi connectivity index (χ0) is 13.8. The van der Waals surface area contributed by atoms with Gasteiger partial charge in [-0.25, -0.2) is 9.18 Å². The van der Waals surface area contributed by atoms with Gasteiger partial charge in [0.05, 0.1) is 5.56 Å². The van der Waals surface area contributed by atoms with E-state index in [1.54, 1.807) is 0 Å². The van der Waals surface area contributed by atoms with Gasteiger partial charge >= 0.3 is 5.97 Å². The molecule has 0 aliphatic carbocycles. The van der Waals surface area contributed by atoms with Gasteiger partial charge in [-0.15, -0.1) is 11.8 Å². The Bertz CT molecular complexity index is 616. The van der Waals surface area contributed by atoms with Gasteiger partial charge in [0.1, 0.15) is 5.82 Å². The smallest absolute Gasteiger partial charge is 0.335 e. The van der Waals surface area contributed by atoms with Gasteiger partial charge in [-0.2, -0.15) is 0 Å².